The second kappa shape index (κ2) is 3.00. The maximum Gasteiger partial charge on any atom is 0.0226 e. The summed E-state index contributed by atoms with van der Waals surface area (Å²) < 4.78 is 2.33. The van der Waals surface area contributed by atoms with Crippen molar-refractivity contribution < 1.29 is 0 Å². The SMILES string of the molecule is Ic1[c][c]cc(I)c1. The van der Waals surface area contributed by atoms with Crippen LogP contribution < -0.4 is 0 Å². The fourth-order valence-corrected chi connectivity index (χ4v) is 1.93. The summed E-state index contributed by atoms with van der Waals surface area (Å²) in [5, 5.41) is 0. The second-order valence-corrected chi connectivity index (χ2v) is 3.70. The third-order valence-electron chi connectivity index (χ3n) is 0.666. The van der Waals surface area contributed by atoms with E-state index in [0.29, 0.717) is 0 Å². The van der Waals surface area contributed by atoms with Crippen LogP contribution in [0.5, 0.6) is 0 Å². The van der Waals surface area contributed by atoms with Gasteiger partial charge in [-0.15, -0.1) is 0 Å². The quantitative estimate of drug-likeness (QED) is 0.642. The second-order valence-electron chi connectivity index (χ2n) is 1.29. The molecule has 2 radical (unpaired) electrons. The average Bonchev–Trinajstić information content (AvgIpc) is 1.64. The summed E-state index contributed by atoms with van der Waals surface area (Å²) in [6.07, 6.45) is 0. The molecule has 0 N–H and O–H groups in total. The molecule has 0 aromatic heterocycles. The van der Waals surface area contributed by atoms with Crippen LogP contribution in [-0.2, 0) is 0 Å². The van der Waals surface area contributed by atoms with Gasteiger partial charge in [-0.25, -0.2) is 0 Å². The van der Waals surface area contributed by atoms with Crippen molar-refractivity contribution in [2.75, 3.05) is 0 Å². The number of hydrogen-bond donors (Lipinski definition) is 0. The Hall–Kier alpha value is 0.680. The normalized spacial score (nSPS) is 9.25. The number of rotatable bonds is 0. The standard InChI is InChI=1S/C6H2I2/c7-5-2-1-3-6(8)4-5/h2,4H. The van der Waals surface area contributed by atoms with E-state index in [1.165, 1.54) is 3.57 Å². The lowest BCUT2D eigenvalue weighted by Crippen LogP contribution is -1.71. The molecule has 8 heavy (non-hydrogen) atoms. The maximum absolute atomic E-state index is 2.93. The minimum absolute atomic E-state index is 1.12. The molecule has 0 aliphatic heterocycles. The third-order valence-corrected chi connectivity index (χ3v) is 1.87. The minimum Gasteiger partial charge on any atom is -0.0443 e. The highest BCUT2D eigenvalue weighted by Gasteiger charge is 1.85. The molecular formula is C6H2I2. The zero-order valence-electron chi connectivity index (χ0n) is 3.91. The van der Waals surface area contributed by atoms with E-state index in [4.69, 9.17) is 0 Å². The van der Waals surface area contributed by atoms with E-state index in [0.717, 1.165) is 3.57 Å². The molecule has 0 amide bonds. The zero-order chi connectivity index (χ0) is 5.98. The molecule has 0 nitrogen and oxygen atoms in total. The van der Waals surface area contributed by atoms with Gasteiger partial charge in [0, 0.05) is 13.2 Å². The van der Waals surface area contributed by atoms with Gasteiger partial charge >= 0.3 is 0 Å². The molecule has 1 aromatic rings. The third kappa shape index (κ3) is 1.89. The Morgan fingerprint density at radius 1 is 1.38 bits per heavy atom. The minimum atomic E-state index is 1.12. The van der Waals surface area contributed by atoms with E-state index in [1.807, 2.05) is 6.07 Å². The molecule has 0 saturated carbocycles. The van der Waals surface area contributed by atoms with Gasteiger partial charge in [-0.3, -0.25) is 0 Å². The van der Waals surface area contributed by atoms with Crippen molar-refractivity contribution in [3.05, 3.63) is 31.4 Å². The molecule has 0 spiro atoms. The van der Waals surface area contributed by atoms with Crippen molar-refractivity contribution >= 4 is 45.2 Å². The maximum atomic E-state index is 2.93. The van der Waals surface area contributed by atoms with Gasteiger partial charge in [0.2, 0.25) is 0 Å². The van der Waals surface area contributed by atoms with Gasteiger partial charge in [-0.2, -0.15) is 0 Å². The van der Waals surface area contributed by atoms with E-state index < -0.39 is 0 Å². The number of halogens is 2. The van der Waals surface area contributed by atoms with Gasteiger partial charge in [0.25, 0.3) is 0 Å². The summed E-state index contributed by atoms with van der Waals surface area (Å²) >= 11 is 4.46. The highest BCUT2D eigenvalue weighted by Crippen LogP contribution is 2.07. The Morgan fingerprint density at radius 3 is 2.50 bits per heavy atom. The highest BCUT2D eigenvalue weighted by atomic mass is 127. The Bertz CT molecular complexity index is 166. The average molecular weight is 328 g/mol. The molecule has 0 saturated heterocycles. The molecule has 0 aliphatic rings. The van der Waals surface area contributed by atoms with Crippen molar-refractivity contribution in [3.8, 4) is 0 Å². The van der Waals surface area contributed by atoms with Crippen LogP contribution in [0.2, 0.25) is 0 Å². The zero-order valence-corrected chi connectivity index (χ0v) is 8.23. The summed E-state index contributed by atoms with van der Waals surface area (Å²) in [4.78, 5) is 0. The lowest BCUT2D eigenvalue weighted by Gasteiger charge is -1.86. The fourth-order valence-electron chi connectivity index (χ4n) is 0.373. The first-order chi connectivity index (χ1) is 3.79. The van der Waals surface area contributed by atoms with Crippen molar-refractivity contribution in [1.29, 1.82) is 0 Å². The number of hydrogen-bond acceptors (Lipinski definition) is 0. The summed E-state index contributed by atoms with van der Waals surface area (Å²) in [7, 11) is 0. The molecule has 0 heterocycles. The van der Waals surface area contributed by atoms with Crippen LogP contribution in [0.4, 0.5) is 0 Å². The van der Waals surface area contributed by atoms with Gasteiger partial charge in [-0.05, 0) is 63.4 Å². The van der Waals surface area contributed by atoms with Crippen LogP contribution >= 0.6 is 45.2 Å². The Kier molecular flexibility index (Phi) is 2.55. The van der Waals surface area contributed by atoms with Crippen LogP contribution in [-0.4, -0.2) is 0 Å². The van der Waals surface area contributed by atoms with Crippen LogP contribution in [0.25, 0.3) is 0 Å². The van der Waals surface area contributed by atoms with Crippen molar-refractivity contribution in [1.82, 2.24) is 0 Å². The molecule has 0 unspecified atom stereocenters. The molecule has 0 bridgehead atoms. The smallest absolute Gasteiger partial charge is 0.0226 e. The first-order valence-corrected chi connectivity index (χ1v) is 4.19. The van der Waals surface area contributed by atoms with Gasteiger partial charge in [0.05, 0.1) is 0 Å². The van der Waals surface area contributed by atoms with Crippen LogP contribution in [0.3, 0.4) is 0 Å². The van der Waals surface area contributed by atoms with Crippen molar-refractivity contribution in [3.63, 3.8) is 0 Å². The Labute approximate surface area is 76.0 Å². The molecule has 0 aliphatic carbocycles. The van der Waals surface area contributed by atoms with Crippen LogP contribution in [0.15, 0.2) is 12.1 Å². The van der Waals surface area contributed by atoms with Gasteiger partial charge < -0.3 is 0 Å². The molecule has 2 heteroatoms. The summed E-state index contributed by atoms with van der Waals surface area (Å²) in [6, 6.07) is 9.78. The van der Waals surface area contributed by atoms with Gasteiger partial charge in [0.1, 0.15) is 0 Å². The van der Waals surface area contributed by atoms with Crippen molar-refractivity contribution in [2.45, 2.75) is 0 Å². The summed E-state index contributed by atoms with van der Waals surface area (Å²) in [6.45, 7) is 0. The molecule has 1 rings (SSSR count). The fraction of sp³-hybridized carbons (Fsp3) is 0. The lowest BCUT2D eigenvalue weighted by molar-refractivity contribution is 1.57. The molecule has 40 valence electrons. The first-order valence-electron chi connectivity index (χ1n) is 2.03. The summed E-state index contributed by atoms with van der Waals surface area (Å²) in [5.41, 5.74) is 0. The van der Waals surface area contributed by atoms with Crippen molar-refractivity contribution in [2.24, 2.45) is 0 Å². The lowest BCUT2D eigenvalue weighted by atomic mass is 10.4. The topological polar surface area (TPSA) is 0 Å². The van der Waals surface area contributed by atoms with Gasteiger partial charge in [0.15, 0.2) is 0 Å². The highest BCUT2D eigenvalue weighted by molar-refractivity contribution is 14.1. The van der Waals surface area contributed by atoms with E-state index >= 15 is 0 Å². The monoisotopic (exact) mass is 328 g/mol. The largest absolute Gasteiger partial charge is 0.0443 e. The molecule has 0 fully saturated rings. The van der Waals surface area contributed by atoms with Gasteiger partial charge in [-0.1, -0.05) is 0 Å². The predicted molar refractivity (Wildman–Crippen MR) is 49.5 cm³/mol. The van der Waals surface area contributed by atoms with Crippen LogP contribution in [0, 0.1) is 19.3 Å². The Balaban J connectivity index is 3.08. The Morgan fingerprint density at radius 2 is 2.12 bits per heavy atom. The first kappa shape index (κ1) is 6.80. The van der Waals surface area contributed by atoms with E-state index in [2.05, 4.69) is 63.4 Å². The predicted octanol–water partition coefficient (Wildman–Crippen LogP) is 2.50. The van der Waals surface area contributed by atoms with Crippen LogP contribution in [0.1, 0.15) is 0 Å². The molecule has 1 aromatic carbocycles. The van der Waals surface area contributed by atoms with E-state index in [-0.39, 0.29) is 0 Å². The molecular weight excluding hydrogens is 326 g/mol. The number of benzene rings is 1. The van der Waals surface area contributed by atoms with E-state index in [9.17, 15) is 0 Å². The van der Waals surface area contributed by atoms with E-state index in [1.54, 1.807) is 0 Å². The summed E-state index contributed by atoms with van der Waals surface area (Å²) in [5.74, 6) is 0. The molecule has 0 atom stereocenters.